The van der Waals surface area contributed by atoms with Crippen LogP contribution in [0.5, 0.6) is 0 Å². The predicted molar refractivity (Wildman–Crippen MR) is 85.9 cm³/mol. The van der Waals surface area contributed by atoms with Gasteiger partial charge in [-0.1, -0.05) is 24.3 Å². The van der Waals surface area contributed by atoms with Crippen LogP contribution < -0.4 is 0 Å². The molecule has 2 heterocycles. The number of benzene rings is 1. The van der Waals surface area contributed by atoms with Crippen LogP contribution in [0.15, 0.2) is 48.8 Å². The molecule has 0 unspecified atom stereocenters. The molecule has 0 saturated heterocycles. The van der Waals surface area contributed by atoms with Crippen LogP contribution in [0, 0.1) is 0 Å². The summed E-state index contributed by atoms with van der Waals surface area (Å²) >= 11 is 0. The van der Waals surface area contributed by atoms with E-state index in [2.05, 4.69) is 0 Å². The number of carbonyl (C=O) groups is 2. The number of hydrogen-bond acceptors (Lipinski definition) is 2. The number of hydrogen-bond donors (Lipinski definition) is 1. The van der Waals surface area contributed by atoms with Gasteiger partial charge in [-0.3, -0.25) is 4.79 Å². The van der Waals surface area contributed by atoms with Gasteiger partial charge in [0.2, 0.25) is 5.91 Å². The molecule has 0 bridgehead atoms. The predicted octanol–water partition coefficient (Wildman–Crippen LogP) is 2.48. The molecule has 0 spiro atoms. The fraction of sp³-hybridized carbons (Fsp3) is 0.333. The Kier molecular flexibility index (Phi) is 4.19. The van der Waals surface area contributed by atoms with Crippen LogP contribution in [-0.4, -0.2) is 32.5 Å². The van der Waals surface area contributed by atoms with Crippen molar-refractivity contribution in [3.8, 4) is 0 Å². The van der Waals surface area contributed by atoms with Crippen molar-refractivity contribution >= 4 is 11.9 Å². The topological polar surface area (TPSA) is 62.5 Å². The molecular weight excluding hydrogens is 292 g/mol. The summed E-state index contributed by atoms with van der Waals surface area (Å²) in [5.41, 5.74) is 2.05. The van der Waals surface area contributed by atoms with E-state index in [1.54, 1.807) is 0 Å². The second-order valence-corrected chi connectivity index (χ2v) is 6.03. The fourth-order valence-electron chi connectivity index (χ4n) is 3.12. The van der Waals surface area contributed by atoms with Gasteiger partial charge in [-0.05, 0) is 30.2 Å². The average molecular weight is 312 g/mol. The van der Waals surface area contributed by atoms with Crippen LogP contribution in [0.1, 0.15) is 30.5 Å². The van der Waals surface area contributed by atoms with E-state index >= 15 is 0 Å². The molecule has 0 radical (unpaired) electrons. The first kappa shape index (κ1) is 15.3. The molecule has 2 aromatic rings. The molecule has 1 aromatic carbocycles. The summed E-state index contributed by atoms with van der Waals surface area (Å²) in [6.45, 7) is 2.33. The molecule has 120 valence electrons. The van der Waals surface area contributed by atoms with E-state index in [0.717, 1.165) is 11.1 Å². The fourth-order valence-corrected chi connectivity index (χ4v) is 3.12. The van der Waals surface area contributed by atoms with Gasteiger partial charge in [-0.2, -0.15) is 0 Å². The van der Waals surface area contributed by atoms with Crippen molar-refractivity contribution in [1.82, 2.24) is 9.47 Å². The van der Waals surface area contributed by atoms with Crippen molar-refractivity contribution in [2.24, 2.45) is 0 Å². The molecule has 5 heteroatoms. The van der Waals surface area contributed by atoms with Crippen LogP contribution in [0.4, 0.5) is 0 Å². The van der Waals surface area contributed by atoms with E-state index in [1.165, 1.54) is 4.90 Å². The largest absolute Gasteiger partial charge is 0.480 e. The van der Waals surface area contributed by atoms with Crippen molar-refractivity contribution in [3.63, 3.8) is 0 Å². The van der Waals surface area contributed by atoms with Gasteiger partial charge >= 0.3 is 5.97 Å². The number of amides is 1. The summed E-state index contributed by atoms with van der Waals surface area (Å²) in [6, 6.07) is 10.8. The van der Waals surface area contributed by atoms with Gasteiger partial charge < -0.3 is 14.6 Å². The standard InChI is InChI=1S/C18H20N2O3/c1-13(19-8-4-5-9-19)10-17(21)20-12-15-7-3-2-6-14(15)11-16(20)18(22)23/h2-9,13,16H,10-12H2,1H3,(H,22,23)/t13-,16+/m1/s1. The maximum absolute atomic E-state index is 12.7. The Labute approximate surface area is 135 Å². The Morgan fingerprint density at radius 2 is 1.83 bits per heavy atom. The van der Waals surface area contributed by atoms with E-state index in [0.29, 0.717) is 19.4 Å². The molecule has 0 aliphatic carbocycles. The Morgan fingerprint density at radius 1 is 1.17 bits per heavy atom. The van der Waals surface area contributed by atoms with Crippen molar-refractivity contribution in [1.29, 1.82) is 0 Å². The van der Waals surface area contributed by atoms with Gasteiger partial charge in [0.15, 0.2) is 0 Å². The van der Waals surface area contributed by atoms with Gasteiger partial charge in [-0.15, -0.1) is 0 Å². The number of fused-ring (bicyclic) bond motifs is 1. The summed E-state index contributed by atoms with van der Waals surface area (Å²) < 4.78 is 1.96. The lowest BCUT2D eigenvalue weighted by atomic mass is 9.93. The van der Waals surface area contributed by atoms with E-state index in [-0.39, 0.29) is 11.9 Å². The molecule has 1 aliphatic heterocycles. The molecule has 2 atom stereocenters. The Bertz CT molecular complexity index is 709. The Morgan fingerprint density at radius 3 is 2.48 bits per heavy atom. The van der Waals surface area contributed by atoms with Crippen LogP contribution >= 0.6 is 0 Å². The quantitative estimate of drug-likeness (QED) is 0.943. The zero-order chi connectivity index (χ0) is 16.4. The van der Waals surface area contributed by atoms with Crippen molar-refractivity contribution in [2.75, 3.05) is 0 Å². The second kappa shape index (κ2) is 6.28. The molecule has 1 N–H and O–H groups in total. The van der Waals surface area contributed by atoms with Gasteiger partial charge in [0.25, 0.3) is 0 Å². The first-order valence-electron chi connectivity index (χ1n) is 7.78. The van der Waals surface area contributed by atoms with E-state index in [4.69, 9.17) is 0 Å². The summed E-state index contributed by atoms with van der Waals surface area (Å²) in [4.78, 5) is 25.8. The summed E-state index contributed by atoms with van der Waals surface area (Å²) in [5, 5.41) is 9.50. The smallest absolute Gasteiger partial charge is 0.326 e. The molecule has 0 fully saturated rings. The minimum absolute atomic E-state index is 0.00381. The zero-order valence-electron chi connectivity index (χ0n) is 13.1. The third kappa shape index (κ3) is 3.13. The minimum Gasteiger partial charge on any atom is -0.480 e. The Hall–Kier alpha value is -2.56. The van der Waals surface area contributed by atoms with E-state index < -0.39 is 12.0 Å². The highest BCUT2D eigenvalue weighted by Crippen LogP contribution is 2.25. The highest BCUT2D eigenvalue weighted by Gasteiger charge is 2.34. The van der Waals surface area contributed by atoms with Crippen LogP contribution in [-0.2, 0) is 22.6 Å². The number of carboxylic acids is 1. The first-order valence-corrected chi connectivity index (χ1v) is 7.78. The number of aliphatic carboxylic acids is 1. The van der Waals surface area contributed by atoms with Crippen LogP contribution in [0.2, 0.25) is 0 Å². The number of carboxylic acid groups (broad SMARTS) is 1. The van der Waals surface area contributed by atoms with Gasteiger partial charge in [0, 0.05) is 37.8 Å². The van der Waals surface area contributed by atoms with Crippen LogP contribution in [0.25, 0.3) is 0 Å². The highest BCUT2D eigenvalue weighted by molar-refractivity contribution is 5.84. The summed E-state index contributed by atoms with van der Waals surface area (Å²) in [6.07, 6.45) is 4.49. The van der Waals surface area contributed by atoms with Gasteiger partial charge in [0.1, 0.15) is 6.04 Å². The third-order valence-corrected chi connectivity index (χ3v) is 4.46. The van der Waals surface area contributed by atoms with Gasteiger partial charge in [0.05, 0.1) is 0 Å². The molecule has 1 aliphatic rings. The molecule has 0 saturated carbocycles. The normalized spacial score (nSPS) is 18.3. The number of carbonyl (C=O) groups excluding carboxylic acids is 1. The maximum Gasteiger partial charge on any atom is 0.326 e. The molecule has 1 amide bonds. The number of rotatable bonds is 4. The first-order chi connectivity index (χ1) is 11.1. The van der Waals surface area contributed by atoms with Gasteiger partial charge in [-0.25, -0.2) is 4.79 Å². The maximum atomic E-state index is 12.7. The monoisotopic (exact) mass is 312 g/mol. The third-order valence-electron chi connectivity index (χ3n) is 4.46. The van der Waals surface area contributed by atoms with Crippen LogP contribution in [0.3, 0.4) is 0 Å². The SMILES string of the molecule is C[C@H](CC(=O)N1Cc2ccccc2C[C@H]1C(=O)O)n1cccc1. The number of nitrogens with zero attached hydrogens (tertiary/aromatic N) is 2. The van der Waals surface area contributed by atoms with Crippen molar-refractivity contribution < 1.29 is 14.7 Å². The van der Waals surface area contributed by atoms with Crippen molar-refractivity contribution in [2.45, 2.75) is 38.4 Å². The molecule has 1 aromatic heterocycles. The highest BCUT2D eigenvalue weighted by atomic mass is 16.4. The lowest BCUT2D eigenvalue weighted by Gasteiger charge is -2.35. The minimum atomic E-state index is -0.943. The van der Waals surface area contributed by atoms with Crippen molar-refractivity contribution in [3.05, 3.63) is 59.9 Å². The molecule has 5 nitrogen and oxygen atoms in total. The van der Waals surface area contributed by atoms with E-state index in [1.807, 2.05) is 60.3 Å². The summed E-state index contributed by atoms with van der Waals surface area (Å²) in [5.74, 6) is -1.06. The second-order valence-electron chi connectivity index (χ2n) is 6.03. The molecule has 23 heavy (non-hydrogen) atoms. The zero-order valence-corrected chi connectivity index (χ0v) is 13.1. The number of aromatic nitrogens is 1. The lowest BCUT2D eigenvalue weighted by Crippen LogP contribution is -2.49. The average Bonchev–Trinajstić information content (AvgIpc) is 3.08. The molecular formula is C18H20N2O3. The summed E-state index contributed by atoms with van der Waals surface area (Å²) in [7, 11) is 0. The Balaban J connectivity index is 1.79. The van der Waals surface area contributed by atoms with E-state index in [9.17, 15) is 14.7 Å². The molecule has 3 rings (SSSR count). The lowest BCUT2D eigenvalue weighted by molar-refractivity contribution is -0.151.